The molecule has 3 aromatic rings. The van der Waals surface area contributed by atoms with Gasteiger partial charge in [-0.25, -0.2) is 4.79 Å². The summed E-state index contributed by atoms with van der Waals surface area (Å²) in [5.74, 6) is 0. The Hall–Kier alpha value is -2.93. The Bertz CT molecular complexity index is 1000. The fraction of sp³-hybridized carbons (Fsp3) is 0.316. The van der Waals surface area contributed by atoms with Crippen LogP contribution in [-0.2, 0) is 6.54 Å². The first-order chi connectivity index (χ1) is 12.7. The minimum atomic E-state index is -0.0185. The van der Waals surface area contributed by atoms with Crippen molar-refractivity contribution in [2.45, 2.75) is 25.9 Å². The average molecular weight is 348 g/mol. The number of urea groups is 1. The number of aryl methyl sites for hydroxylation is 1. The second kappa shape index (κ2) is 5.81. The fourth-order valence-electron chi connectivity index (χ4n) is 3.91. The van der Waals surface area contributed by atoms with E-state index in [1.54, 1.807) is 6.20 Å². The van der Waals surface area contributed by atoms with Crippen molar-refractivity contribution in [2.75, 3.05) is 18.4 Å². The van der Waals surface area contributed by atoms with E-state index in [0.29, 0.717) is 6.54 Å². The molecule has 5 rings (SSSR count). The molecular weight excluding hydrogens is 328 g/mol. The lowest BCUT2D eigenvalue weighted by Crippen LogP contribution is -2.46. The summed E-state index contributed by atoms with van der Waals surface area (Å²) in [6.45, 7) is 4.43. The number of hydrogen-bond donors (Lipinski definition) is 3. The number of nitrogens with one attached hydrogen (secondary N) is 3. The van der Waals surface area contributed by atoms with Gasteiger partial charge in [-0.2, -0.15) is 5.10 Å². The predicted octanol–water partition coefficient (Wildman–Crippen LogP) is 2.64. The molecule has 7 nitrogen and oxygen atoms in total. The highest BCUT2D eigenvalue weighted by Crippen LogP contribution is 2.34. The fourth-order valence-corrected chi connectivity index (χ4v) is 3.91. The van der Waals surface area contributed by atoms with Crippen LogP contribution in [0, 0.1) is 6.92 Å². The topological polar surface area (TPSA) is 85.9 Å². The van der Waals surface area contributed by atoms with Crippen LogP contribution in [0.3, 0.4) is 0 Å². The number of aromatic nitrogens is 3. The Balaban J connectivity index is 1.57. The minimum absolute atomic E-state index is 0.0185. The van der Waals surface area contributed by atoms with Crippen molar-refractivity contribution in [3.63, 3.8) is 0 Å². The van der Waals surface area contributed by atoms with Gasteiger partial charge in [-0.3, -0.25) is 10.1 Å². The SMILES string of the molecule is Cc1cc(-c2n[nH]c3cc4c(cc23)CN(C2CCNC2)C(=O)N4)ccn1. The maximum Gasteiger partial charge on any atom is 0.322 e. The Morgan fingerprint density at radius 1 is 1.27 bits per heavy atom. The van der Waals surface area contributed by atoms with E-state index < -0.39 is 0 Å². The maximum atomic E-state index is 12.5. The van der Waals surface area contributed by atoms with E-state index in [2.05, 4.69) is 31.9 Å². The zero-order valence-corrected chi connectivity index (χ0v) is 14.5. The number of carbonyl (C=O) groups excluding carboxylic acids is 1. The number of benzene rings is 1. The monoisotopic (exact) mass is 348 g/mol. The summed E-state index contributed by atoms with van der Waals surface area (Å²) < 4.78 is 0. The molecular formula is C19H20N6O. The summed E-state index contributed by atoms with van der Waals surface area (Å²) in [4.78, 5) is 18.7. The Labute approximate surface area is 150 Å². The lowest BCUT2D eigenvalue weighted by atomic mass is 10.0. The van der Waals surface area contributed by atoms with Crippen LogP contribution < -0.4 is 10.6 Å². The quantitative estimate of drug-likeness (QED) is 0.664. The van der Waals surface area contributed by atoms with E-state index in [9.17, 15) is 4.79 Å². The summed E-state index contributed by atoms with van der Waals surface area (Å²) in [5, 5.41) is 15.0. The van der Waals surface area contributed by atoms with Crippen LogP contribution in [0.5, 0.6) is 0 Å². The van der Waals surface area contributed by atoms with Crippen molar-refractivity contribution in [3.8, 4) is 11.3 Å². The van der Waals surface area contributed by atoms with Gasteiger partial charge in [0.25, 0.3) is 0 Å². The van der Waals surface area contributed by atoms with Crippen molar-refractivity contribution in [2.24, 2.45) is 0 Å². The molecule has 4 heterocycles. The molecule has 3 N–H and O–H groups in total. The molecule has 1 atom stereocenters. The molecule has 0 radical (unpaired) electrons. The molecule has 1 unspecified atom stereocenters. The van der Waals surface area contributed by atoms with Gasteiger partial charge in [0.05, 0.1) is 5.52 Å². The van der Waals surface area contributed by atoms with Gasteiger partial charge < -0.3 is 15.5 Å². The molecule has 132 valence electrons. The van der Waals surface area contributed by atoms with Crippen LogP contribution in [0.4, 0.5) is 10.5 Å². The summed E-state index contributed by atoms with van der Waals surface area (Å²) in [5.41, 5.74) is 5.83. The largest absolute Gasteiger partial charge is 0.322 e. The number of carbonyl (C=O) groups is 1. The first kappa shape index (κ1) is 15.3. The van der Waals surface area contributed by atoms with E-state index in [0.717, 1.165) is 58.6 Å². The Morgan fingerprint density at radius 2 is 2.19 bits per heavy atom. The molecule has 0 spiro atoms. The van der Waals surface area contributed by atoms with Crippen LogP contribution in [-0.4, -0.2) is 45.2 Å². The lowest BCUT2D eigenvalue weighted by Gasteiger charge is -2.33. The smallest absolute Gasteiger partial charge is 0.316 e. The molecule has 2 aliphatic rings. The number of H-pyrrole nitrogens is 1. The first-order valence-electron chi connectivity index (χ1n) is 8.91. The van der Waals surface area contributed by atoms with Crippen LogP contribution >= 0.6 is 0 Å². The number of hydrogen-bond acceptors (Lipinski definition) is 4. The number of pyridine rings is 1. The van der Waals surface area contributed by atoms with Gasteiger partial charge in [0.1, 0.15) is 5.69 Å². The molecule has 0 aliphatic carbocycles. The second-order valence-electron chi connectivity index (χ2n) is 7.02. The van der Waals surface area contributed by atoms with Gasteiger partial charge in [-0.15, -0.1) is 0 Å². The molecule has 1 fully saturated rings. The second-order valence-corrected chi connectivity index (χ2v) is 7.02. The third-order valence-corrected chi connectivity index (χ3v) is 5.27. The number of amides is 2. The minimum Gasteiger partial charge on any atom is -0.316 e. The van der Waals surface area contributed by atoms with Crippen LogP contribution in [0.15, 0.2) is 30.5 Å². The number of aromatic amines is 1. The average Bonchev–Trinajstić information content (AvgIpc) is 3.29. The normalized spacial score (nSPS) is 19.7. The third-order valence-electron chi connectivity index (χ3n) is 5.27. The van der Waals surface area contributed by atoms with E-state index in [1.165, 1.54) is 0 Å². The van der Waals surface area contributed by atoms with Crippen molar-refractivity contribution in [1.82, 2.24) is 25.4 Å². The van der Waals surface area contributed by atoms with Gasteiger partial charge in [0, 0.05) is 47.7 Å². The van der Waals surface area contributed by atoms with E-state index in [-0.39, 0.29) is 12.1 Å². The molecule has 26 heavy (non-hydrogen) atoms. The molecule has 0 bridgehead atoms. The molecule has 2 aromatic heterocycles. The van der Waals surface area contributed by atoms with Crippen molar-refractivity contribution >= 4 is 22.6 Å². The molecule has 1 aromatic carbocycles. The molecule has 7 heteroatoms. The van der Waals surface area contributed by atoms with Gasteiger partial charge >= 0.3 is 6.03 Å². The maximum absolute atomic E-state index is 12.5. The molecule has 0 saturated carbocycles. The Kier molecular flexibility index (Phi) is 3.43. The van der Waals surface area contributed by atoms with Crippen molar-refractivity contribution in [1.29, 1.82) is 0 Å². The highest BCUT2D eigenvalue weighted by molar-refractivity contribution is 6.00. The van der Waals surface area contributed by atoms with Gasteiger partial charge in [0.2, 0.25) is 0 Å². The number of anilines is 1. The molecule has 2 amide bonds. The summed E-state index contributed by atoms with van der Waals surface area (Å²) in [7, 11) is 0. The van der Waals surface area contributed by atoms with Gasteiger partial charge in [-0.1, -0.05) is 0 Å². The Morgan fingerprint density at radius 3 is 3.00 bits per heavy atom. The molecule has 1 saturated heterocycles. The zero-order chi connectivity index (χ0) is 17.7. The summed E-state index contributed by atoms with van der Waals surface area (Å²) in [6, 6.07) is 8.37. The zero-order valence-electron chi connectivity index (χ0n) is 14.5. The summed E-state index contributed by atoms with van der Waals surface area (Å²) in [6.07, 6.45) is 2.80. The summed E-state index contributed by atoms with van der Waals surface area (Å²) >= 11 is 0. The third kappa shape index (κ3) is 2.43. The van der Waals surface area contributed by atoms with E-state index in [4.69, 9.17) is 0 Å². The highest BCUT2D eigenvalue weighted by Gasteiger charge is 2.31. The first-order valence-corrected chi connectivity index (χ1v) is 8.91. The van der Waals surface area contributed by atoms with Crippen LogP contribution in [0.1, 0.15) is 17.7 Å². The number of nitrogens with zero attached hydrogens (tertiary/aromatic N) is 3. The van der Waals surface area contributed by atoms with Crippen molar-refractivity contribution in [3.05, 3.63) is 41.7 Å². The standard InChI is InChI=1S/C19H20N6O/c1-11-6-12(2-5-21-11)18-15-7-13-10-25(14-3-4-20-9-14)19(26)22-16(13)8-17(15)23-24-18/h2,5-8,14,20H,3-4,9-10H2,1H3,(H,22,26)(H,23,24). The predicted molar refractivity (Wildman–Crippen MR) is 99.9 cm³/mol. The van der Waals surface area contributed by atoms with Crippen molar-refractivity contribution < 1.29 is 4.79 Å². The number of rotatable bonds is 2. The van der Waals surface area contributed by atoms with Crippen LogP contribution in [0.25, 0.3) is 22.2 Å². The van der Waals surface area contributed by atoms with E-state index >= 15 is 0 Å². The lowest BCUT2D eigenvalue weighted by molar-refractivity contribution is 0.186. The van der Waals surface area contributed by atoms with Crippen LogP contribution in [0.2, 0.25) is 0 Å². The van der Waals surface area contributed by atoms with Gasteiger partial charge in [0.15, 0.2) is 0 Å². The number of fused-ring (bicyclic) bond motifs is 2. The molecule has 2 aliphatic heterocycles. The highest BCUT2D eigenvalue weighted by atomic mass is 16.2. The van der Waals surface area contributed by atoms with Gasteiger partial charge in [-0.05, 0) is 49.7 Å². The van der Waals surface area contributed by atoms with E-state index in [1.807, 2.05) is 30.0 Å².